The summed E-state index contributed by atoms with van der Waals surface area (Å²) in [5.74, 6) is 0. The summed E-state index contributed by atoms with van der Waals surface area (Å²) in [6.07, 6.45) is 7.90. The van der Waals surface area contributed by atoms with Crippen molar-refractivity contribution in [2.75, 3.05) is 0 Å². The summed E-state index contributed by atoms with van der Waals surface area (Å²) in [5, 5.41) is 0. The van der Waals surface area contributed by atoms with E-state index in [9.17, 15) is 0 Å². The molecule has 1 saturated carbocycles. The highest BCUT2D eigenvalue weighted by Gasteiger charge is 2.30. The Labute approximate surface area is 105 Å². The molecule has 0 nitrogen and oxygen atoms in total. The Bertz CT molecular complexity index is 360. The molecule has 0 aromatic heterocycles. The van der Waals surface area contributed by atoms with Crippen LogP contribution in [-0.4, -0.2) is 0 Å². The van der Waals surface area contributed by atoms with Crippen LogP contribution in [0, 0.1) is 13.8 Å². The minimum absolute atomic E-state index is 0.132. The molecule has 0 saturated heterocycles. The monoisotopic (exact) mass is 234 g/mol. The van der Waals surface area contributed by atoms with Crippen molar-refractivity contribution in [3.63, 3.8) is 0 Å². The Balaban J connectivity index is 2.37. The zero-order chi connectivity index (χ0) is 11.6. The van der Waals surface area contributed by atoms with Crippen LogP contribution in [0.4, 0.5) is 0 Å². The zero-order valence-corrected chi connectivity index (χ0v) is 11.3. The third-order valence-corrected chi connectivity index (χ3v) is 4.72. The average molecular weight is 234 g/mol. The Morgan fingerprint density at radius 3 is 2.25 bits per heavy atom. The summed E-state index contributed by atoms with van der Waals surface area (Å²) < 4.78 is 0.132. The number of hydrogen-bond donors (Lipinski definition) is 1. The Morgan fingerprint density at radius 2 is 1.62 bits per heavy atom. The summed E-state index contributed by atoms with van der Waals surface area (Å²) in [7, 11) is 0. The lowest BCUT2D eigenvalue weighted by molar-refractivity contribution is 0.538. The van der Waals surface area contributed by atoms with Crippen molar-refractivity contribution in [2.24, 2.45) is 0 Å². The van der Waals surface area contributed by atoms with Gasteiger partial charge in [0.15, 0.2) is 0 Å². The fourth-order valence-corrected chi connectivity index (χ4v) is 3.40. The molecule has 0 bridgehead atoms. The van der Waals surface area contributed by atoms with Gasteiger partial charge in [-0.05, 0) is 43.4 Å². The second-order valence-corrected chi connectivity index (χ2v) is 6.05. The zero-order valence-electron chi connectivity index (χ0n) is 10.4. The van der Waals surface area contributed by atoms with E-state index in [0.29, 0.717) is 0 Å². The van der Waals surface area contributed by atoms with Crippen LogP contribution in [0.2, 0.25) is 0 Å². The van der Waals surface area contributed by atoms with Crippen LogP contribution in [0.3, 0.4) is 0 Å². The van der Waals surface area contributed by atoms with Gasteiger partial charge < -0.3 is 0 Å². The molecule has 1 heteroatoms. The molecule has 88 valence electrons. The fourth-order valence-electron chi connectivity index (χ4n) is 2.84. The minimum atomic E-state index is 0.132. The van der Waals surface area contributed by atoms with E-state index in [1.165, 1.54) is 55.2 Å². The van der Waals surface area contributed by atoms with Gasteiger partial charge in [0, 0.05) is 4.75 Å². The number of hydrogen-bond acceptors (Lipinski definition) is 1. The van der Waals surface area contributed by atoms with E-state index in [-0.39, 0.29) is 4.75 Å². The first-order chi connectivity index (χ1) is 7.63. The van der Waals surface area contributed by atoms with Gasteiger partial charge in [-0.25, -0.2) is 0 Å². The molecule has 1 fully saturated rings. The molecule has 2 rings (SSSR count). The van der Waals surface area contributed by atoms with E-state index >= 15 is 0 Å². The lowest BCUT2D eigenvalue weighted by Crippen LogP contribution is -2.19. The molecule has 0 heterocycles. The predicted octanol–water partition coefficient (Wildman–Crippen LogP) is 4.78. The predicted molar refractivity (Wildman–Crippen MR) is 74.3 cm³/mol. The van der Waals surface area contributed by atoms with Gasteiger partial charge in [-0.3, -0.25) is 0 Å². The third-order valence-electron chi connectivity index (χ3n) is 4.04. The van der Waals surface area contributed by atoms with Gasteiger partial charge in [-0.15, -0.1) is 0 Å². The van der Waals surface area contributed by atoms with Crippen LogP contribution in [0.25, 0.3) is 0 Å². The molecular weight excluding hydrogens is 212 g/mol. The van der Waals surface area contributed by atoms with Gasteiger partial charge in [0.05, 0.1) is 0 Å². The van der Waals surface area contributed by atoms with Crippen LogP contribution in [-0.2, 0) is 4.75 Å². The molecule has 16 heavy (non-hydrogen) atoms. The van der Waals surface area contributed by atoms with Crippen LogP contribution in [0.5, 0.6) is 0 Å². The largest absolute Gasteiger partial charge is 0.168 e. The van der Waals surface area contributed by atoms with Crippen molar-refractivity contribution in [2.45, 2.75) is 57.1 Å². The summed E-state index contributed by atoms with van der Waals surface area (Å²) in [6.45, 7) is 4.44. The number of thiol groups is 1. The average Bonchev–Trinajstić information content (AvgIpc) is 2.48. The molecule has 1 aromatic rings. The quantitative estimate of drug-likeness (QED) is 0.524. The first-order valence-corrected chi connectivity index (χ1v) is 6.87. The van der Waals surface area contributed by atoms with Gasteiger partial charge in [-0.1, -0.05) is 43.9 Å². The van der Waals surface area contributed by atoms with E-state index < -0.39 is 0 Å². The maximum absolute atomic E-state index is 5.03. The van der Waals surface area contributed by atoms with Crippen molar-refractivity contribution in [1.29, 1.82) is 0 Å². The van der Waals surface area contributed by atoms with Gasteiger partial charge in [0.1, 0.15) is 0 Å². The second-order valence-electron chi connectivity index (χ2n) is 5.19. The van der Waals surface area contributed by atoms with E-state index in [2.05, 4.69) is 32.0 Å². The highest BCUT2D eigenvalue weighted by molar-refractivity contribution is 7.81. The summed E-state index contributed by atoms with van der Waals surface area (Å²) in [6, 6.07) is 6.66. The first-order valence-electron chi connectivity index (χ1n) is 6.42. The van der Waals surface area contributed by atoms with Crippen LogP contribution in [0.15, 0.2) is 18.2 Å². The van der Waals surface area contributed by atoms with Crippen LogP contribution < -0.4 is 0 Å². The Hall–Kier alpha value is -0.430. The SMILES string of the molecule is Cc1cccc(C2(S)CCCCCC2)c1C. The molecular formula is C15H22S. The fraction of sp³-hybridized carbons (Fsp3) is 0.600. The molecule has 0 aliphatic heterocycles. The third kappa shape index (κ3) is 2.29. The molecule has 0 amide bonds. The Kier molecular flexibility index (Phi) is 3.63. The minimum Gasteiger partial charge on any atom is -0.168 e. The van der Waals surface area contributed by atoms with Gasteiger partial charge in [-0.2, -0.15) is 12.6 Å². The molecule has 0 unspecified atom stereocenters. The molecule has 0 spiro atoms. The van der Waals surface area contributed by atoms with E-state index in [1.807, 2.05) is 0 Å². The topological polar surface area (TPSA) is 0 Å². The normalized spacial score (nSPS) is 20.4. The maximum Gasteiger partial charge on any atom is 0.0381 e. The highest BCUT2D eigenvalue weighted by Crippen LogP contribution is 2.43. The summed E-state index contributed by atoms with van der Waals surface area (Å²) in [5.41, 5.74) is 4.31. The summed E-state index contributed by atoms with van der Waals surface area (Å²) >= 11 is 5.03. The molecule has 0 atom stereocenters. The lowest BCUT2D eigenvalue weighted by atomic mass is 9.86. The maximum atomic E-state index is 5.03. The number of aryl methyl sites for hydroxylation is 1. The Morgan fingerprint density at radius 1 is 1.00 bits per heavy atom. The number of rotatable bonds is 1. The molecule has 1 aliphatic rings. The van der Waals surface area contributed by atoms with Crippen LogP contribution >= 0.6 is 12.6 Å². The van der Waals surface area contributed by atoms with Crippen molar-refractivity contribution in [1.82, 2.24) is 0 Å². The van der Waals surface area contributed by atoms with Gasteiger partial charge >= 0.3 is 0 Å². The molecule has 0 N–H and O–H groups in total. The smallest absolute Gasteiger partial charge is 0.0381 e. The van der Waals surface area contributed by atoms with Crippen molar-refractivity contribution in [3.8, 4) is 0 Å². The molecule has 1 aliphatic carbocycles. The number of benzene rings is 1. The standard InChI is InChI=1S/C15H22S/c1-12-8-7-9-14(13(12)2)15(16)10-5-3-4-6-11-15/h7-9,16H,3-6,10-11H2,1-2H3. The summed E-state index contributed by atoms with van der Waals surface area (Å²) in [4.78, 5) is 0. The van der Waals surface area contributed by atoms with E-state index in [4.69, 9.17) is 12.6 Å². The van der Waals surface area contributed by atoms with E-state index in [0.717, 1.165) is 0 Å². The highest BCUT2D eigenvalue weighted by atomic mass is 32.1. The van der Waals surface area contributed by atoms with Crippen molar-refractivity contribution < 1.29 is 0 Å². The lowest BCUT2D eigenvalue weighted by Gasteiger charge is -2.30. The van der Waals surface area contributed by atoms with Gasteiger partial charge in [0.2, 0.25) is 0 Å². The molecule has 1 aromatic carbocycles. The molecule has 0 radical (unpaired) electrons. The van der Waals surface area contributed by atoms with Crippen molar-refractivity contribution >= 4 is 12.6 Å². The second kappa shape index (κ2) is 4.83. The van der Waals surface area contributed by atoms with Crippen molar-refractivity contribution in [3.05, 3.63) is 34.9 Å². The van der Waals surface area contributed by atoms with E-state index in [1.54, 1.807) is 0 Å². The first kappa shape index (κ1) is 12.0. The van der Waals surface area contributed by atoms with Crippen LogP contribution in [0.1, 0.15) is 55.2 Å². The van der Waals surface area contributed by atoms with Gasteiger partial charge in [0.25, 0.3) is 0 Å².